The van der Waals surface area contributed by atoms with Crippen LogP contribution in [-0.4, -0.2) is 37.2 Å². The zero-order chi connectivity index (χ0) is 51.1. The zero-order valence-electron chi connectivity index (χ0n) is 48.2. The van der Waals surface area contributed by atoms with Gasteiger partial charge >= 0.3 is 17.9 Å². The number of carbonyl (C=O) groups excluding carboxylic acids is 3. The molecule has 0 aliphatic rings. The largest absolute Gasteiger partial charge is 0.462 e. The summed E-state index contributed by atoms with van der Waals surface area (Å²) in [6.45, 7) is 11.5. The Labute approximate surface area is 438 Å². The molecule has 6 heteroatoms. The van der Waals surface area contributed by atoms with Crippen LogP contribution in [0.15, 0.2) is 0 Å². The summed E-state index contributed by atoms with van der Waals surface area (Å²) in [5, 5.41) is 0. The lowest BCUT2D eigenvalue weighted by atomic mass is 9.99. The molecule has 0 aliphatic heterocycles. The summed E-state index contributed by atoms with van der Waals surface area (Å²) in [7, 11) is 0. The molecule has 1 unspecified atom stereocenters. The molecule has 0 bridgehead atoms. The number of ether oxygens (including phenoxy) is 3. The predicted octanol–water partition coefficient (Wildman–Crippen LogP) is 21.2. The van der Waals surface area contributed by atoms with E-state index in [2.05, 4.69) is 34.6 Å². The van der Waals surface area contributed by atoms with Gasteiger partial charge in [0.1, 0.15) is 13.2 Å². The van der Waals surface area contributed by atoms with E-state index in [9.17, 15) is 14.4 Å². The first-order valence-corrected chi connectivity index (χ1v) is 31.8. The summed E-state index contributed by atoms with van der Waals surface area (Å²) in [6.07, 6.45) is 62.4. The molecule has 0 aromatic rings. The molecule has 0 N–H and O–H groups in total. The van der Waals surface area contributed by atoms with E-state index in [1.165, 1.54) is 250 Å². The molecular formula is C64H124O6. The van der Waals surface area contributed by atoms with E-state index < -0.39 is 6.10 Å². The van der Waals surface area contributed by atoms with E-state index in [1.807, 2.05) is 0 Å². The van der Waals surface area contributed by atoms with Crippen LogP contribution in [0.2, 0.25) is 0 Å². The third-order valence-corrected chi connectivity index (χ3v) is 15.1. The highest BCUT2D eigenvalue weighted by atomic mass is 16.6. The van der Waals surface area contributed by atoms with Crippen molar-refractivity contribution in [2.75, 3.05) is 13.2 Å². The Balaban J connectivity index is 4.24. The van der Waals surface area contributed by atoms with E-state index >= 15 is 0 Å². The summed E-state index contributed by atoms with van der Waals surface area (Å²) in [6, 6.07) is 0. The molecule has 0 radical (unpaired) electrons. The van der Waals surface area contributed by atoms with Crippen LogP contribution >= 0.6 is 0 Å². The lowest BCUT2D eigenvalue weighted by Crippen LogP contribution is -2.30. The normalized spacial score (nSPS) is 12.4. The van der Waals surface area contributed by atoms with Crippen molar-refractivity contribution >= 4 is 17.9 Å². The molecule has 416 valence electrons. The summed E-state index contributed by atoms with van der Waals surface area (Å²) < 4.78 is 16.9. The number of hydrogen-bond donors (Lipinski definition) is 0. The van der Waals surface area contributed by atoms with E-state index in [0.29, 0.717) is 19.3 Å². The molecule has 0 saturated heterocycles. The molecule has 6 nitrogen and oxygen atoms in total. The van der Waals surface area contributed by atoms with Crippen LogP contribution in [-0.2, 0) is 28.6 Å². The van der Waals surface area contributed by atoms with E-state index in [-0.39, 0.29) is 31.1 Å². The van der Waals surface area contributed by atoms with Gasteiger partial charge in [-0.15, -0.1) is 0 Å². The summed E-state index contributed by atoms with van der Waals surface area (Å²) in [5.41, 5.74) is 0. The highest BCUT2D eigenvalue weighted by Crippen LogP contribution is 2.19. The number of unbranched alkanes of at least 4 members (excludes halogenated alkanes) is 42. The maximum Gasteiger partial charge on any atom is 0.306 e. The zero-order valence-corrected chi connectivity index (χ0v) is 48.2. The summed E-state index contributed by atoms with van der Waals surface area (Å²) >= 11 is 0. The van der Waals surface area contributed by atoms with Crippen LogP contribution < -0.4 is 0 Å². The molecule has 2 atom stereocenters. The smallest absolute Gasteiger partial charge is 0.306 e. The molecule has 0 spiro atoms. The van der Waals surface area contributed by atoms with E-state index in [4.69, 9.17) is 14.2 Å². The minimum absolute atomic E-state index is 0.0621. The van der Waals surface area contributed by atoms with Crippen LogP contribution in [0.4, 0.5) is 0 Å². The fraction of sp³-hybridized carbons (Fsp3) is 0.953. The topological polar surface area (TPSA) is 78.9 Å². The number of carbonyl (C=O) groups is 3. The Morgan fingerprint density at radius 1 is 0.300 bits per heavy atom. The SMILES string of the molecule is CCCCCCCCCCCCCCCCCCCC(=O)O[C@H](COC(=O)CCCCCCCCCCCCCCCCCCCCC(C)CC)COC(=O)CCCCCCCCCCCCC(C)C. The van der Waals surface area contributed by atoms with Gasteiger partial charge in [-0.2, -0.15) is 0 Å². The quantitative estimate of drug-likeness (QED) is 0.0343. The Bertz CT molecular complexity index is 1070. The first-order chi connectivity index (χ1) is 34.3. The standard InChI is InChI=1S/C64H124O6/c1-6-8-9-10-11-12-13-14-15-18-23-26-29-36-41-46-51-56-64(67)70-61(58-69-63(66)55-50-45-40-35-31-30-32-37-42-47-52-59(3)4)57-68-62(65)54-49-44-39-34-28-25-22-20-17-16-19-21-24-27-33-38-43-48-53-60(5)7-2/h59-61H,6-58H2,1-5H3/t60?,61-/m1/s1. The minimum Gasteiger partial charge on any atom is -0.462 e. The fourth-order valence-electron chi connectivity index (χ4n) is 9.90. The first kappa shape index (κ1) is 68.4. The van der Waals surface area contributed by atoms with Gasteiger partial charge in [-0.1, -0.05) is 324 Å². The lowest BCUT2D eigenvalue weighted by Gasteiger charge is -2.18. The van der Waals surface area contributed by atoms with Crippen LogP contribution in [0, 0.1) is 11.8 Å². The van der Waals surface area contributed by atoms with Crippen molar-refractivity contribution in [3.8, 4) is 0 Å². The van der Waals surface area contributed by atoms with Gasteiger partial charge in [-0.3, -0.25) is 14.4 Å². The highest BCUT2D eigenvalue weighted by molar-refractivity contribution is 5.71. The van der Waals surface area contributed by atoms with Crippen molar-refractivity contribution in [2.45, 2.75) is 368 Å². The van der Waals surface area contributed by atoms with Crippen molar-refractivity contribution in [2.24, 2.45) is 11.8 Å². The molecular weight excluding hydrogens is 865 g/mol. The summed E-state index contributed by atoms with van der Waals surface area (Å²) in [5.74, 6) is 0.895. The average Bonchev–Trinajstić information content (AvgIpc) is 3.35. The van der Waals surface area contributed by atoms with Gasteiger partial charge < -0.3 is 14.2 Å². The second kappa shape index (κ2) is 56.7. The van der Waals surface area contributed by atoms with Crippen LogP contribution in [0.3, 0.4) is 0 Å². The monoisotopic (exact) mass is 989 g/mol. The van der Waals surface area contributed by atoms with Crippen molar-refractivity contribution in [1.82, 2.24) is 0 Å². The molecule has 0 aromatic heterocycles. The molecule has 0 fully saturated rings. The Hall–Kier alpha value is -1.59. The molecule has 0 aromatic carbocycles. The second-order valence-electron chi connectivity index (χ2n) is 22.8. The Morgan fingerprint density at radius 3 is 0.814 bits per heavy atom. The lowest BCUT2D eigenvalue weighted by molar-refractivity contribution is -0.167. The first-order valence-electron chi connectivity index (χ1n) is 31.8. The molecule has 0 heterocycles. The second-order valence-corrected chi connectivity index (χ2v) is 22.8. The maximum absolute atomic E-state index is 12.9. The van der Waals surface area contributed by atoms with Gasteiger partial charge in [0, 0.05) is 19.3 Å². The summed E-state index contributed by atoms with van der Waals surface area (Å²) in [4.78, 5) is 38.3. The van der Waals surface area contributed by atoms with Crippen LogP contribution in [0.25, 0.3) is 0 Å². The Kier molecular flexibility index (Phi) is 55.4. The number of hydrogen-bond acceptors (Lipinski definition) is 6. The molecule has 0 amide bonds. The van der Waals surface area contributed by atoms with E-state index in [1.54, 1.807) is 0 Å². The van der Waals surface area contributed by atoms with Gasteiger partial charge in [0.25, 0.3) is 0 Å². The number of esters is 3. The number of rotatable bonds is 58. The molecule has 0 aliphatic carbocycles. The van der Waals surface area contributed by atoms with Gasteiger partial charge in [0.05, 0.1) is 0 Å². The van der Waals surface area contributed by atoms with Crippen molar-refractivity contribution in [3.05, 3.63) is 0 Å². The average molecular weight is 990 g/mol. The molecule has 0 rings (SSSR count). The minimum atomic E-state index is -0.763. The van der Waals surface area contributed by atoms with Gasteiger partial charge in [0.2, 0.25) is 0 Å². The third kappa shape index (κ3) is 55.7. The molecule has 0 saturated carbocycles. The van der Waals surface area contributed by atoms with Crippen molar-refractivity contribution in [3.63, 3.8) is 0 Å². The fourth-order valence-corrected chi connectivity index (χ4v) is 9.90. The van der Waals surface area contributed by atoms with E-state index in [0.717, 1.165) is 69.6 Å². The van der Waals surface area contributed by atoms with Crippen LogP contribution in [0.5, 0.6) is 0 Å². The van der Waals surface area contributed by atoms with Gasteiger partial charge in [0.15, 0.2) is 6.10 Å². The van der Waals surface area contributed by atoms with Gasteiger partial charge in [-0.25, -0.2) is 0 Å². The Morgan fingerprint density at radius 2 is 0.543 bits per heavy atom. The van der Waals surface area contributed by atoms with Crippen LogP contribution in [0.1, 0.15) is 362 Å². The van der Waals surface area contributed by atoms with Crippen molar-refractivity contribution < 1.29 is 28.6 Å². The van der Waals surface area contributed by atoms with Gasteiger partial charge in [-0.05, 0) is 31.1 Å². The molecule has 70 heavy (non-hydrogen) atoms. The van der Waals surface area contributed by atoms with Crippen molar-refractivity contribution in [1.29, 1.82) is 0 Å². The predicted molar refractivity (Wildman–Crippen MR) is 303 cm³/mol. The third-order valence-electron chi connectivity index (χ3n) is 15.1. The highest BCUT2D eigenvalue weighted by Gasteiger charge is 2.19. The maximum atomic E-state index is 12.9.